The zero-order valence-corrected chi connectivity index (χ0v) is 9.17. The Morgan fingerprint density at radius 3 is 3.13 bits per heavy atom. The summed E-state index contributed by atoms with van der Waals surface area (Å²) < 4.78 is 0. The standard InChI is InChI=1S/C12H15N3/c1-3-14-12-10(7-13)6-9-5-4-8(2)11(9)15-12/h6,8H,3-5H2,1-2H3,(H,14,15). The van der Waals surface area contributed by atoms with Crippen LogP contribution in [0.3, 0.4) is 0 Å². The van der Waals surface area contributed by atoms with Gasteiger partial charge in [0.25, 0.3) is 0 Å². The van der Waals surface area contributed by atoms with Crippen LogP contribution in [0.1, 0.15) is 43.0 Å². The second kappa shape index (κ2) is 3.90. The average Bonchev–Trinajstić information content (AvgIpc) is 2.60. The van der Waals surface area contributed by atoms with E-state index < -0.39 is 0 Å². The predicted molar refractivity (Wildman–Crippen MR) is 59.9 cm³/mol. The molecule has 3 nitrogen and oxygen atoms in total. The van der Waals surface area contributed by atoms with Crippen LogP contribution >= 0.6 is 0 Å². The normalized spacial score (nSPS) is 18.3. The zero-order chi connectivity index (χ0) is 10.8. The van der Waals surface area contributed by atoms with Gasteiger partial charge >= 0.3 is 0 Å². The molecule has 15 heavy (non-hydrogen) atoms. The Balaban J connectivity index is 2.48. The molecule has 0 radical (unpaired) electrons. The molecule has 0 aliphatic heterocycles. The van der Waals surface area contributed by atoms with E-state index in [1.165, 1.54) is 11.3 Å². The summed E-state index contributed by atoms with van der Waals surface area (Å²) >= 11 is 0. The van der Waals surface area contributed by atoms with Crippen LogP contribution in [-0.4, -0.2) is 11.5 Å². The van der Waals surface area contributed by atoms with Gasteiger partial charge in [-0.25, -0.2) is 4.98 Å². The van der Waals surface area contributed by atoms with E-state index in [-0.39, 0.29) is 0 Å². The number of aromatic nitrogens is 1. The number of nitriles is 1. The molecule has 1 aliphatic rings. The van der Waals surface area contributed by atoms with Crippen LogP contribution in [0.4, 0.5) is 5.82 Å². The van der Waals surface area contributed by atoms with Crippen molar-refractivity contribution in [3.8, 4) is 6.07 Å². The van der Waals surface area contributed by atoms with Crippen molar-refractivity contribution in [3.05, 3.63) is 22.9 Å². The van der Waals surface area contributed by atoms with Crippen LogP contribution in [0.15, 0.2) is 6.07 Å². The van der Waals surface area contributed by atoms with Gasteiger partial charge in [-0.2, -0.15) is 5.26 Å². The van der Waals surface area contributed by atoms with Gasteiger partial charge in [0.2, 0.25) is 0 Å². The smallest absolute Gasteiger partial charge is 0.144 e. The number of anilines is 1. The molecule has 2 rings (SSSR count). The zero-order valence-electron chi connectivity index (χ0n) is 9.17. The summed E-state index contributed by atoms with van der Waals surface area (Å²) in [7, 11) is 0. The molecule has 1 heterocycles. The maximum Gasteiger partial charge on any atom is 0.144 e. The van der Waals surface area contributed by atoms with Crippen molar-refractivity contribution in [1.29, 1.82) is 5.26 Å². The molecular weight excluding hydrogens is 186 g/mol. The van der Waals surface area contributed by atoms with Gasteiger partial charge in [0.05, 0.1) is 5.56 Å². The molecule has 3 heteroatoms. The lowest BCUT2D eigenvalue weighted by atomic mass is 10.1. The maximum absolute atomic E-state index is 9.01. The Bertz CT molecular complexity index is 418. The molecule has 1 aromatic heterocycles. The summed E-state index contributed by atoms with van der Waals surface area (Å²) in [4.78, 5) is 4.56. The first-order valence-electron chi connectivity index (χ1n) is 5.44. The van der Waals surface area contributed by atoms with Gasteiger partial charge in [-0.3, -0.25) is 0 Å². The summed E-state index contributed by atoms with van der Waals surface area (Å²) in [5.74, 6) is 1.28. The minimum absolute atomic E-state index is 0.533. The van der Waals surface area contributed by atoms with Gasteiger partial charge < -0.3 is 5.32 Å². The van der Waals surface area contributed by atoms with Crippen molar-refractivity contribution in [2.45, 2.75) is 32.6 Å². The van der Waals surface area contributed by atoms with Crippen molar-refractivity contribution in [1.82, 2.24) is 4.98 Å². The van der Waals surface area contributed by atoms with E-state index in [0.29, 0.717) is 11.5 Å². The van der Waals surface area contributed by atoms with Gasteiger partial charge in [-0.1, -0.05) is 6.92 Å². The highest BCUT2D eigenvalue weighted by Crippen LogP contribution is 2.33. The number of fused-ring (bicyclic) bond motifs is 1. The SMILES string of the molecule is CCNc1nc2c(cc1C#N)CCC2C. The predicted octanol–water partition coefficient (Wildman–Crippen LogP) is 2.43. The molecule has 1 aliphatic carbocycles. The van der Waals surface area contributed by atoms with E-state index in [1.54, 1.807) is 0 Å². The van der Waals surface area contributed by atoms with E-state index in [4.69, 9.17) is 5.26 Å². The van der Waals surface area contributed by atoms with Crippen molar-refractivity contribution < 1.29 is 0 Å². The Labute approximate surface area is 90.1 Å². The molecule has 0 fully saturated rings. The van der Waals surface area contributed by atoms with Crippen LogP contribution in [-0.2, 0) is 6.42 Å². The molecule has 0 saturated carbocycles. The van der Waals surface area contributed by atoms with Crippen LogP contribution in [0, 0.1) is 11.3 Å². The minimum Gasteiger partial charge on any atom is -0.369 e. The maximum atomic E-state index is 9.01. The highest BCUT2D eigenvalue weighted by Gasteiger charge is 2.22. The van der Waals surface area contributed by atoms with E-state index in [0.717, 1.165) is 25.2 Å². The fraction of sp³-hybridized carbons (Fsp3) is 0.500. The second-order valence-corrected chi connectivity index (χ2v) is 4.01. The minimum atomic E-state index is 0.533. The molecule has 78 valence electrons. The fourth-order valence-electron chi connectivity index (χ4n) is 2.09. The molecule has 1 N–H and O–H groups in total. The Morgan fingerprint density at radius 1 is 1.67 bits per heavy atom. The van der Waals surface area contributed by atoms with Crippen LogP contribution < -0.4 is 5.32 Å². The lowest BCUT2D eigenvalue weighted by Crippen LogP contribution is -2.05. The molecule has 1 aromatic rings. The van der Waals surface area contributed by atoms with Gasteiger partial charge in [0, 0.05) is 12.2 Å². The summed E-state index contributed by atoms with van der Waals surface area (Å²) in [6.45, 7) is 5.01. The molecule has 1 unspecified atom stereocenters. The first kappa shape index (κ1) is 9.97. The third-order valence-corrected chi connectivity index (χ3v) is 2.91. The number of nitrogens with one attached hydrogen (secondary N) is 1. The molecular formula is C12H15N3. The topological polar surface area (TPSA) is 48.7 Å². The quantitative estimate of drug-likeness (QED) is 0.799. The first-order chi connectivity index (χ1) is 7.26. The third-order valence-electron chi connectivity index (χ3n) is 2.91. The van der Waals surface area contributed by atoms with Crippen LogP contribution in [0.2, 0.25) is 0 Å². The third kappa shape index (κ3) is 1.68. The number of hydrogen-bond acceptors (Lipinski definition) is 3. The van der Waals surface area contributed by atoms with Crippen LogP contribution in [0.25, 0.3) is 0 Å². The number of nitrogens with zero attached hydrogens (tertiary/aromatic N) is 2. The Morgan fingerprint density at radius 2 is 2.47 bits per heavy atom. The van der Waals surface area contributed by atoms with Crippen molar-refractivity contribution in [3.63, 3.8) is 0 Å². The number of aryl methyl sites for hydroxylation is 1. The second-order valence-electron chi connectivity index (χ2n) is 4.01. The lowest BCUT2D eigenvalue weighted by molar-refractivity contribution is 0.731. The number of rotatable bonds is 2. The number of pyridine rings is 1. The van der Waals surface area contributed by atoms with Gasteiger partial charge in [0.15, 0.2) is 0 Å². The highest BCUT2D eigenvalue weighted by atomic mass is 15.0. The molecule has 0 amide bonds. The van der Waals surface area contributed by atoms with Crippen LogP contribution in [0.5, 0.6) is 0 Å². The Kier molecular flexibility index (Phi) is 2.59. The largest absolute Gasteiger partial charge is 0.369 e. The fourth-order valence-corrected chi connectivity index (χ4v) is 2.09. The molecule has 0 aromatic carbocycles. The molecule has 0 bridgehead atoms. The Hall–Kier alpha value is -1.56. The average molecular weight is 201 g/mol. The van der Waals surface area contributed by atoms with E-state index in [1.807, 2.05) is 13.0 Å². The monoisotopic (exact) mass is 201 g/mol. The van der Waals surface area contributed by atoms with Crippen molar-refractivity contribution in [2.24, 2.45) is 0 Å². The number of hydrogen-bond donors (Lipinski definition) is 1. The summed E-state index contributed by atoms with van der Waals surface area (Å²) in [6.07, 6.45) is 2.22. The van der Waals surface area contributed by atoms with E-state index in [2.05, 4.69) is 23.3 Å². The van der Waals surface area contributed by atoms with Crippen molar-refractivity contribution in [2.75, 3.05) is 11.9 Å². The molecule has 1 atom stereocenters. The molecule has 0 saturated heterocycles. The molecule has 0 spiro atoms. The van der Waals surface area contributed by atoms with E-state index >= 15 is 0 Å². The summed E-state index contributed by atoms with van der Waals surface area (Å²) in [6, 6.07) is 4.19. The first-order valence-corrected chi connectivity index (χ1v) is 5.44. The summed E-state index contributed by atoms with van der Waals surface area (Å²) in [5.41, 5.74) is 3.09. The summed E-state index contributed by atoms with van der Waals surface area (Å²) in [5, 5.41) is 12.2. The van der Waals surface area contributed by atoms with Crippen molar-refractivity contribution >= 4 is 5.82 Å². The van der Waals surface area contributed by atoms with E-state index in [9.17, 15) is 0 Å². The van der Waals surface area contributed by atoms with Gasteiger partial charge in [0.1, 0.15) is 11.9 Å². The van der Waals surface area contributed by atoms with Gasteiger partial charge in [-0.15, -0.1) is 0 Å². The lowest BCUT2D eigenvalue weighted by Gasteiger charge is -2.09. The van der Waals surface area contributed by atoms with Gasteiger partial charge in [-0.05, 0) is 37.3 Å². The highest BCUT2D eigenvalue weighted by molar-refractivity contribution is 5.55.